The molecule has 0 unspecified atom stereocenters. The predicted octanol–water partition coefficient (Wildman–Crippen LogP) is 0.563. The van der Waals surface area contributed by atoms with E-state index in [9.17, 15) is 0 Å². The molecule has 0 aromatic carbocycles. The van der Waals surface area contributed by atoms with Gasteiger partial charge in [-0.15, -0.1) is 0 Å². The first-order chi connectivity index (χ1) is 9.83. The van der Waals surface area contributed by atoms with Crippen LogP contribution in [0.1, 0.15) is 26.2 Å². The van der Waals surface area contributed by atoms with Crippen LogP contribution in [0.25, 0.3) is 0 Å². The van der Waals surface area contributed by atoms with Crippen molar-refractivity contribution >= 4 is 11.9 Å². The molecule has 112 valence electrons. The second kappa shape index (κ2) is 7.81. The molecule has 1 aliphatic rings. The fourth-order valence-electron chi connectivity index (χ4n) is 1.97. The van der Waals surface area contributed by atoms with Crippen LogP contribution in [0.15, 0.2) is 0 Å². The van der Waals surface area contributed by atoms with Gasteiger partial charge in [0.1, 0.15) is 6.61 Å². The number of aromatic nitrogens is 3. The number of hydrogen-bond acceptors (Lipinski definition) is 8. The average molecular weight is 282 g/mol. The summed E-state index contributed by atoms with van der Waals surface area (Å²) in [7, 11) is 0. The Kier molecular flexibility index (Phi) is 5.75. The molecular formula is C12H22N6O2. The van der Waals surface area contributed by atoms with E-state index in [2.05, 4.69) is 32.2 Å². The smallest absolute Gasteiger partial charge is 0.323 e. The summed E-state index contributed by atoms with van der Waals surface area (Å²) in [4.78, 5) is 14.7. The highest BCUT2D eigenvalue weighted by Gasteiger charge is 2.17. The number of nitrogens with one attached hydrogen (secondary N) is 1. The van der Waals surface area contributed by atoms with Gasteiger partial charge in [-0.1, -0.05) is 6.92 Å². The van der Waals surface area contributed by atoms with Crippen LogP contribution in [-0.2, 0) is 4.74 Å². The van der Waals surface area contributed by atoms with Crippen LogP contribution < -0.4 is 20.9 Å². The highest BCUT2D eigenvalue weighted by Crippen LogP contribution is 2.19. The molecule has 8 nitrogen and oxygen atoms in total. The lowest BCUT2D eigenvalue weighted by Gasteiger charge is -2.16. The molecule has 20 heavy (non-hydrogen) atoms. The van der Waals surface area contributed by atoms with Crippen molar-refractivity contribution in [1.29, 1.82) is 0 Å². The van der Waals surface area contributed by atoms with Crippen molar-refractivity contribution in [2.75, 3.05) is 43.2 Å². The van der Waals surface area contributed by atoms with Gasteiger partial charge in [0.25, 0.3) is 0 Å². The van der Waals surface area contributed by atoms with Crippen LogP contribution in [0.4, 0.5) is 11.9 Å². The molecule has 8 heteroatoms. The summed E-state index contributed by atoms with van der Waals surface area (Å²) in [6, 6.07) is 0.273. The Morgan fingerprint density at radius 1 is 1.15 bits per heavy atom. The Labute approximate surface area is 118 Å². The van der Waals surface area contributed by atoms with Crippen molar-refractivity contribution in [3.05, 3.63) is 0 Å². The number of hydrogen-bond donors (Lipinski definition) is 2. The third-order valence-corrected chi connectivity index (χ3v) is 2.93. The molecule has 1 aliphatic heterocycles. The van der Waals surface area contributed by atoms with Gasteiger partial charge in [0.05, 0.1) is 6.61 Å². The molecule has 0 aliphatic carbocycles. The number of nitrogens with zero attached hydrogens (tertiary/aromatic N) is 4. The van der Waals surface area contributed by atoms with Crippen molar-refractivity contribution < 1.29 is 9.47 Å². The monoisotopic (exact) mass is 282 g/mol. The Hall–Kier alpha value is -1.67. The second-order valence-corrected chi connectivity index (χ2v) is 4.54. The van der Waals surface area contributed by atoms with Crippen molar-refractivity contribution in [3.8, 4) is 6.01 Å². The number of anilines is 2. The van der Waals surface area contributed by atoms with E-state index in [1.165, 1.54) is 0 Å². The van der Waals surface area contributed by atoms with Crippen LogP contribution in [-0.4, -0.2) is 47.9 Å². The topological polar surface area (TPSA) is 98.4 Å². The van der Waals surface area contributed by atoms with Crippen molar-refractivity contribution in [3.63, 3.8) is 0 Å². The van der Waals surface area contributed by atoms with Crippen LogP contribution in [0.2, 0.25) is 0 Å². The lowest BCUT2D eigenvalue weighted by molar-refractivity contribution is 0.0972. The molecule has 1 aromatic rings. The first-order valence-electron chi connectivity index (χ1n) is 7.01. The Balaban J connectivity index is 1.94. The minimum Gasteiger partial charge on any atom is -0.461 e. The zero-order chi connectivity index (χ0) is 14.2. The Morgan fingerprint density at radius 3 is 2.65 bits per heavy atom. The van der Waals surface area contributed by atoms with Gasteiger partial charge in [0.15, 0.2) is 0 Å². The van der Waals surface area contributed by atoms with Crippen LogP contribution in [0, 0.1) is 0 Å². The standard InChI is InChI=1S/C12H22N6O2/c1-2-7-19-8-9-20-12-15-10(17-13)14-11(16-12)18-5-3-4-6-18/h2-9,13H2,1H3,(H,14,15,16,17). The molecule has 0 bridgehead atoms. The van der Waals surface area contributed by atoms with E-state index in [4.69, 9.17) is 15.3 Å². The fourth-order valence-corrected chi connectivity index (χ4v) is 1.97. The molecule has 2 heterocycles. The fraction of sp³-hybridized carbons (Fsp3) is 0.750. The third kappa shape index (κ3) is 4.17. The maximum Gasteiger partial charge on any atom is 0.323 e. The normalized spacial score (nSPS) is 14.6. The van der Waals surface area contributed by atoms with Gasteiger partial charge < -0.3 is 14.4 Å². The zero-order valence-corrected chi connectivity index (χ0v) is 11.8. The molecule has 2 rings (SSSR count). The molecule has 0 saturated carbocycles. The predicted molar refractivity (Wildman–Crippen MR) is 75.7 cm³/mol. The number of nitrogens with two attached hydrogens (primary N) is 1. The summed E-state index contributed by atoms with van der Waals surface area (Å²) in [5, 5.41) is 0. The van der Waals surface area contributed by atoms with E-state index in [0.717, 1.165) is 39.0 Å². The zero-order valence-electron chi connectivity index (χ0n) is 11.8. The van der Waals surface area contributed by atoms with E-state index >= 15 is 0 Å². The Bertz CT molecular complexity index is 411. The number of rotatable bonds is 8. The average Bonchev–Trinajstić information content (AvgIpc) is 3.01. The van der Waals surface area contributed by atoms with Crippen molar-refractivity contribution in [2.24, 2.45) is 5.84 Å². The first kappa shape index (κ1) is 14.7. The molecule has 0 atom stereocenters. The number of nitrogen functional groups attached to an aromatic ring is 1. The van der Waals surface area contributed by atoms with E-state index < -0.39 is 0 Å². The third-order valence-electron chi connectivity index (χ3n) is 2.93. The second-order valence-electron chi connectivity index (χ2n) is 4.54. The number of ether oxygens (including phenoxy) is 2. The lowest BCUT2D eigenvalue weighted by Crippen LogP contribution is -2.23. The SMILES string of the molecule is CCCOCCOc1nc(NN)nc(N2CCCC2)n1. The van der Waals surface area contributed by atoms with E-state index in [1.54, 1.807) is 0 Å². The minimum absolute atomic E-state index is 0.273. The van der Waals surface area contributed by atoms with E-state index in [-0.39, 0.29) is 6.01 Å². The summed E-state index contributed by atoms with van der Waals surface area (Å²) < 4.78 is 10.8. The molecule has 1 aromatic heterocycles. The molecule has 0 spiro atoms. The number of hydrazine groups is 1. The molecule has 0 amide bonds. The van der Waals surface area contributed by atoms with Crippen molar-refractivity contribution in [2.45, 2.75) is 26.2 Å². The summed E-state index contributed by atoms with van der Waals surface area (Å²) in [6.45, 7) is 5.63. The quantitative estimate of drug-likeness (QED) is 0.405. The molecule has 0 radical (unpaired) electrons. The van der Waals surface area contributed by atoms with Gasteiger partial charge >= 0.3 is 6.01 Å². The van der Waals surface area contributed by atoms with Gasteiger partial charge in [0.2, 0.25) is 11.9 Å². The van der Waals surface area contributed by atoms with Gasteiger partial charge in [-0.05, 0) is 19.3 Å². The summed E-state index contributed by atoms with van der Waals surface area (Å²) in [5.41, 5.74) is 2.44. The lowest BCUT2D eigenvalue weighted by atomic mass is 10.4. The van der Waals surface area contributed by atoms with E-state index in [1.807, 2.05) is 0 Å². The van der Waals surface area contributed by atoms with Crippen LogP contribution in [0.3, 0.4) is 0 Å². The highest BCUT2D eigenvalue weighted by molar-refractivity contribution is 5.38. The van der Waals surface area contributed by atoms with Gasteiger partial charge in [-0.3, -0.25) is 5.43 Å². The van der Waals surface area contributed by atoms with Crippen LogP contribution in [0.5, 0.6) is 6.01 Å². The van der Waals surface area contributed by atoms with Gasteiger partial charge in [-0.25, -0.2) is 5.84 Å². The molecule has 1 fully saturated rings. The van der Waals surface area contributed by atoms with E-state index in [0.29, 0.717) is 25.1 Å². The maximum atomic E-state index is 5.49. The molecular weight excluding hydrogens is 260 g/mol. The first-order valence-corrected chi connectivity index (χ1v) is 7.01. The molecule has 3 N–H and O–H groups in total. The van der Waals surface area contributed by atoms with Crippen LogP contribution >= 0.6 is 0 Å². The van der Waals surface area contributed by atoms with Gasteiger partial charge in [-0.2, -0.15) is 15.0 Å². The summed E-state index contributed by atoms with van der Waals surface area (Å²) >= 11 is 0. The maximum absolute atomic E-state index is 5.49. The molecule has 1 saturated heterocycles. The Morgan fingerprint density at radius 2 is 1.95 bits per heavy atom. The highest BCUT2D eigenvalue weighted by atomic mass is 16.5. The largest absolute Gasteiger partial charge is 0.461 e. The summed E-state index contributed by atoms with van der Waals surface area (Å²) in [6.07, 6.45) is 3.29. The minimum atomic E-state index is 0.273. The summed E-state index contributed by atoms with van der Waals surface area (Å²) in [5.74, 6) is 6.30. The van der Waals surface area contributed by atoms with Gasteiger partial charge in [0, 0.05) is 19.7 Å². The van der Waals surface area contributed by atoms with Crippen molar-refractivity contribution in [1.82, 2.24) is 15.0 Å².